The number of hydrogen-bond acceptors (Lipinski definition) is 4. The molecular weight excluding hydrogens is 310 g/mol. The standard InChI is InChI=1S/C18H21NO3S/c1-18(2,16-9-6-10-23-16)17(20)19(3)11-13-12-21-14-7-4-5-8-15(14)22-13/h4-10,13H,11-12H2,1-3H3. The Balaban J connectivity index is 1.66. The van der Waals surface area contributed by atoms with Crippen molar-refractivity contribution in [1.29, 1.82) is 0 Å². The van der Waals surface area contributed by atoms with Crippen LogP contribution in [0.2, 0.25) is 0 Å². The van der Waals surface area contributed by atoms with E-state index in [1.807, 2.05) is 62.7 Å². The van der Waals surface area contributed by atoms with Crippen molar-refractivity contribution in [3.8, 4) is 11.5 Å². The molecule has 0 bridgehead atoms. The van der Waals surface area contributed by atoms with Crippen molar-refractivity contribution in [2.24, 2.45) is 0 Å². The fourth-order valence-electron chi connectivity index (χ4n) is 2.76. The van der Waals surface area contributed by atoms with Gasteiger partial charge in [-0.15, -0.1) is 11.3 Å². The lowest BCUT2D eigenvalue weighted by molar-refractivity contribution is -0.136. The van der Waals surface area contributed by atoms with Gasteiger partial charge in [0.25, 0.3) is 0 Å². The number of para-hydroxylation sites is 2. The van der Waals surface area contributed by atoms with Crippen LogP contribution in [-0.4, -0.2) is 37.1 Å². The molecule has 5 heteroatoms. The highest BCUT2D eigenvalue weighted by molar-refractivity contribution is 7.10. The third-order valence-electron chi connectivity index (χ3n) is 4.06. The smallest absolute Gasteiger partial charge is 0.233 e. The first-order valence-electron chi connectivity index (χ1n) is 7.66. The van der Waals surface area contributed by atoms with E-state index in [0.717, 1.165) is 16.4 Å². The number of amides is 1. The summed E-state index contributed by atoms with van der Waals surface area (Å²) in [4.78, 5) is 15.6. The van der Waals surface area contributed by atoms with Crippen LogP contribution in [0.15, 0.2) is 41.8 Å². The summed E-state index contributed by atoms with van der Waals surface area (Å²) in [5, 5.41) is 2.00. The van der Waals surface area contributed by atoms with Crippen LogP contribution < -0.4 is 9.47 Å². The second-order valence-corrected chi connectivity index (χ2v) is 7.23. The Morgan fingerprint density at radius 2 is 2.00 bits per heavy atom. The topological polar surface area (TPSA) is 38.8 Å². The summed E-state index contributed by atoms with van der Waals surface area (Å²) in [5.74, 6) is 1.58. The van der Waals surface area contributed by atoms with Crippen LogP contribution in [0.3, 0.4) is 0 Å². The molecule has 1 aliphatic heterocycles. The molecular formula is C18H21NO3S. The van der Waals surface area contributed by atoms with Gasteiger partial charge in [0.15, 0.2) is 17.6 Å². The van der Waals surface area contributed by atoms with E-state index in [0.29, 0.717) is 13.2 Å². The molecule has 0 saturated carbocycles. The number of fused-ring (bicyclic) bond motifs is 1. The Labute approximate surface area is 140 Å². The highest BCUT2D eigenvalue weighted by Crippen LogP contribution is 2.32. The summed E-state index contributed by atoms with van der Waals surface area (Å²) in [6.45, 7) is 4.88. The van der Waals surface area contributed by atoms with Crippen LogP contribution in [-0.2, 0) is 10.2 Å². The number of rotatable bonds is 4. The highest BCUT2D eigenvalue weighted by atomic mass is 32.1. The number of carbonyl (C=O) groups excluding carboxylic acids is 1. The molecule has 0 N–H and O–H groups in total. The summed E-state index contributed by atoms with van der Waals surface area (Å²) in [5.41, 5.74) is -0.531. The molecule has 0 saturated heterocycles. The lowest BCUT2D eigenvalue weighted by atomic mass is 9.89. The van der Waals surface area contributed by atoms with Gasteiger partial charge in [0.2, 0.25) is 5.91 Å². The van der Waals surface area contributed by atoms with Crippen molar-refractivity contribution in [3.63, 3.8) is 0 Å². The molecule has 1 amide bonds. The Hall–Kier alpha value is -2.01. The average molecular weight is 331 g/mol. The number of benzene rings is 1. The molecule has 1 aliphatic rings. The molecule has 1 aromatic heterocycles. The quantitative estimate of drug-likeness (QED) is 0.863. The lowest BCUT2D eigenvalue weighted by Gasteiger charge is -2.33. The maximum Gasteiger partial charge on any atom is 0.233 e. The van der Waals surface area contributed by atoms with E-state index < -0.39 is 5.41 Å². The Kier molecular flexibility index (Phi) is 4.31. The summed E-state index contributed by atoms with van der Waals surface area (Å²) in [7, 11) is 1.82. The Morgan fingerprint density at radius 1 is 1.26 bits per heavy atom. The number of likely N-dealkylation sites (N-methyl/N-ethyl adjacent to an activating group) is 1. The third-order valence-corrected chi connectivity index (χ3v) is 5.26. The fourth-order valence-corrected chi connectivity index (χ4v) is 3.60. The molecule has 2 heterocycles. The van der Waals surface area contributed by atoms with Crippen LogP contribution in [0.1, 0.15) is 18.7 Å². The normalized spacial score (nSPS) is 16.9. The molecule has 1 unspecified atom stereocenters. The van der Waals surface area contributed by atoms with Crippen molar-refractivity contribution >= 4 is 17.2 Å². The molecule has 1 atom stereocenters. The molecule has 0 spiro atoms. The van der Waals surface area contributed by atoms with Gasteiger partial charge >= 0.3 is 0 Å². The molecule has 3 rings (SSSR count). The molecule has 2 aromatic rings. The van der Waals surface area contributed by atoms with E-state index in [2.05, 4.69) is 0 Å². The number of hydrogen-bond donors (Lipinski definition) is 0. The van der Waals surface area contributed by atoms with Gasteiger partial charge in [-0.1, -0.05) is 18.2 Å². The maximum absolute atomic E-state index is 12.8. The monoisotopic (exact) mass is 331 g/mol. The van der Waals surface area contributed by atoms with Gasteiger partial charge in [0.05, 0.1) is 12.0 Å². The van der Waals surface area contributed by atoms with Crippen LogP contribution in [0.5, 0.6) is 11.5 Å². The van der Waals surface area contributed by atoms with E-state index in [1.165, 1.54) is 0 Å². The Morgan fingerprint density at radius 3 is 2.70 bits per heavy atom. The maximum atomic E-state index is 12.8. The zero-order valence-electron chi connectivity index (χ0n) is 13.6. The summed E-state index contributed by atoms with van der Waals surface area (Å²) < 4.78 is 11.7. The first-order chi connectivity index (χ1) is 11.0. The fraction of sp³-hybridized carbons (Fsp3) is 0.389. The summed E-state index contributed by atoms with van der Waals surface area (Å²) in [6, 6.07) is 11.6. The number of nitrogens with zero attached hydrogens (tertiary/aromatic N) is 1. The molecule has 4 nitrogen and oxygen atoms in total. The minimum Gasteiger partial charge on any atom is -0.486 e. The van der Waals surface area contributed by atoms with Gasteiger partial charge in [0.1, 0.15) is 6.61 Å². The predicted molar refractivity (Wildman–Crippen MR) is 91.3 cm³/mol. The van der Waals surface area contributed by atoms with E-state index >= 15 is 0 Å². The molecule has 1 aromatic carbocycles. The van der Waals surface area contributed by atoms with E-state index in [4.69, 9.17) is 9.47 Å². The summed E-state index contributed by atoms with van der Waals surface area (Å²) >= 11 is 1.61. The van der Waals surface area contributed by atoms with Gasteiger partial charge < -0.3 is 14.4 Å². The lowest BCUT2D eigenvalue weighted by Crippen LogP contribution is -2.47. The van der Waals surface area contributed by atoms with Crippen LogP contribution in [0.4, 0.5) is 0 Å². The van der Waals surface area contributed by atoms with Crippen molar-refractivity contribution in [1.82, 2.24) is 4.90 Å². The van der Waals surface area contributed by atoms with Gasteiger partial charge in [-0.05, 0) is 37.4 Å². The van der Waals surface area contributed by atoms with Crippen molar-refractivity contribution < 1.29 is 14.3 Å². The van der Waals surface area contributed by atoms with Gasteiger partial charge in [0, 0.05) is 11.9 Å². The largest absolute Gasteiger partial charge is 0.486 e. The number of carbonyl (C=O) groups is 1. The summed E-state index contributed by atoms with van der Waals surface area (Å²) in [6.07, 6.45) is -0.155. The second kappa shape index (κ2) is 6.24. The van der Waals surface area contributed by atoms with E-state index in [9.17, 15) is 4.79 Å². The van der Waals surface area contributed by atoms with Crippen LogP contribution in [0, 0.1) is 0 Å². The van der Waals surface area contributed by atoms with E-state index in [-0.39, 0.29) is 12.0 Å². The first kappa shape index (κ1) is 15.9. The van der Waals surface area contributed by atoms with Crippen molar-refractivity contribution in [3.05, 3.63) is 46.7 Å². The molecule has 0 aliphatic carbocycles. The SMILES string of the molecule is CN(CC1COc2ccccc2O1)C(=O)C(C)(C)c1cccs1. The minimum atomic E-state index is -0.531. The van der Waals surface area contributed by atoms with Gasteiger partial charge in [-0.25, -0.2) is 0 Å². The van der Waals surface area contributed by atoms with Crippen LogP contribution in [0.25, 0.3) is 0 Å². The molecule has 0 radical (unpaired) electrons. The third kappa shape index (κ3) is 3.20. The molecule has 122 valence electrons. The van der Waals surface area contributed by atoms with Gasteiger partial charge in [-0.2, -0.15) is 0 Å². The van der Waals surface area contributed by atoms with Crippen molar-refractivity contribution in [2.45, 2.75) is 25.4 Å². The zero-order valence-corrected chi connectivity index (χ0v) is 14.4. The van der Waals surface area contributed by atoms with Crippen molar-refractivity contribution in [2.75, 3.05) is 20.2 Å². The predicted octanol–water partition coefficient (Wildman–Crippen LogP) is 3.32. The van der Waals surface area contributed by atoms with Crippen LogP contribution >= 0.6 is 11.3 Å². The van der Waals surface area contributed by atoms with E-state index in [1.54, 1.807) is 16.2 Å². The minimum absolute atomic E-state index is 0.0856. The number of thiophene rings is 1. The molecule has 23 heavy (non-hydrogen) atoms. The number of ether oxygens (including phenoxy) is 2. The molecule has 0 fully saturated rings. The first-order valence-corrected chi connectivity index (χ1v) is 8.54. The average Bonchev–Trinajstić information content (AvgIpc) is 3.09. The second-order valence-electron chi connectivity index (χ2n) is 6.29. The Bertz CT molecular complexity index is 681. The highest BCUT2D eigenvalue weighted by Gasteiger charge is 2.35. The van der Waals surface area contributed by atoms with Gasteiger partial charge in [-0.3, -0.25) is 4.79 Å². The zero-order chi connectivity index (χ0) is 16.4.